The van der Waals surface area contributed by atoms with Crippen LogP contribution in [-0.2, 0) is 9.59 Å². The summed E-state index contributed by atoms with van der Waals surface area (Å²) in [6, 6.07) is 10.3. The second-order valence-electron chi connectivity index (χ2n) is 8.46. The number of hydrogen-bond donors (Lipinski definition) is 0. The minimum Gasteiger partial charge on any atom is -0.493 e. The lowest BCUT2D eigenvalue weighted by Gasteiger charge is -2.31. The van der Waals surface area contributed by atoms with Crippen LogP contribution in [0.3, 0.4) is 0 Å². The van der Waals surface area contributed by atoms with Gasteiger partial charge in [0, 0.05) is 26.2 Å². The van der Waals surface area contributed by atoms with E-state index in [0.717, 1.165) is 18.7 Å². The van der Waals surface area contributed by atoms with Gasteiger partial charge in [0.15, 0.2) is 34.6 Å². The van der Waals surface area contributed by atoms with Gasteiger partial charge in [-0.15, -0.1) is 0 Å². The molecule has 0 aliphatic carbocycles. The largest absolute Gasteiger partial charge is 0.493 e. The number of benzene rings is 2. The molecule has 0 saturated carbocycles. The van der Waals surface area contributed by atoms with Crippen LogP contribution in [0, 0.1) is 0 Å². The van der Waals surface area contributed by atoms with Gasteiger partial charge in [-0.1, -0.05) is 24.3 Å². The van der Waals surface area contributed by atoms with Crippen molar-refractivity contribution in [1.29, 1.82) is 0 Å². The maximum absolute atomic E-state index is 12.5. The number of carbonyl (C=O) groups excluding carboxylic acids is 3. The predicted molar refractivity (Wildman–Crippen MR) is 140 cm³/mol. The monoisotopic (exact) mass is 508 g/mol. The van der Waals surface area contributed by atoms with E-state index in [2.05, 4.69) is 4.90 Å². The second-order valence-corrected chi connectivity index (χ2v) is 8.46. The first kappa shape index (κ1) is 27.5. The van der Waals surface area contributed by atoms with Crippen molar-refractivity contribution in [2.24, 2.45) is 0 Å². The third-order valence-electron chi connectivity index (χ3n) is 5.83. The Morgan fingerprint density at radius 2 is 1.22 bits per heavy atom. The van der Waals surface area contributed by atoms with Gasteiger partial charge in [-0.3, -0.25) is 9.59 Å². The second kappa shape index (κ2) is 13.3. The van der Waals surface area contributed by atoms with Crippen LogP contribution in [0.1, 0.15) is 17.5 Å². The summed E-state index contributed by atoms with van der Waals surface area (Å²) in [6.45, 7) is 2.78. The van der Waals surface area contributed by atoms with Crippen LogP contribution in [0.25, 0.3) is 12.2 Å². The Bertz CT molecular complexity index is 1180. The van der Waals surface area contributed by atoms with Crippen molar-refractivity contribution >= 4 is 29.8 Å². The number of nitrogens with zero attached hydrogens (tertiary/aromatic N) is 2. The molecule has 0 N–H and O–H groups in total. The highest BCUT2D eigenvalue weighted by Crippen LogP contribution is 2.30. The van der Waals surface area contributed by atoms with Gasteiger partial charge in [-0.05, 0) is 54.6 Å². The van der Waals surface area contributed by atoms with Crippen molar-refractivity contribution in [2.45, 2.75) is 6.42 Å². The van der Waals surface area contributed by atoms with Gasteiger partial charge in [0.1, 0.15) is 0 Å². The number of amides is 1. The number of ketones is 2. The van der Waals surface area contributed by atoms with E-state index in [4.69, 9.17) is 18.9 Å². The molecule has 37 heavy (non-hydrogen) atoms. The summed E-state index contributed by atoms with van der Waals surface area (Å²) in [5, 5.41) is 0. The lowest BCUT2D eigenvalue weighted by Crippen LogP contribution is -2.48. The van der Waals surface area contributed by atoms with Gasteiger partial charge in [0.25, 0.3) is 0 Å². The number of ether oxygens (including phenoxy) is 4. The van der Waals surface area contributed by atoms with Crippen molar-refractivity contribution < 1.29 is 33.3 Å². The first-order chi connectivity index (χ1) is 17.8. The molecule has 0 bridgehead atoms. The van der Waals surface area contributed by atoms with Crippen LogP contribution in [0.2, 0.25) is 0 Å². The Balaban J connectivity index is 1.56. The lowest BCUT2D eigenvalue weighted by atomic mass is 10.1. The van der Waals surface area contributed by atoms with Gasteiger partial charge in [0.2, 0.25) is 0 Å². The van der Waals surface area contributed by atoms with Gasteiger partial charge >= 0.3 is 6.09 Å². The third kappa shape index (κ3) is 7.94. The van der Waals surface area contributed by atoms with Crippen LogP contribution in [0.15, 0.2) is 48.6 Å². The summed E-state index contributed by atoms with van der Waals surface area (Å²) in [7, 11) is 6.57. The predicted octanol–water partition coefficient (Wildman–Crippen LogP) is 3.71. The first-order valence-corrected chi connectivity index (χ1v) is 11.8. The minimum atomic E-state index is -0.426. The zero-order chi connectivity index (χ0) is 26.8. The average molecular weight is 509 g/mol. The fourth-order valence-corrected chi connectivity index (χ4v) is 3.64. The molecule has 1 amide bonds. The number of rotatable bonds is 10. The summed E-state index contributed by atoms with van der Waals surface area (Å²) < 4.78 is 21.3. The number of allylic oxidation sites excluding steroid dienone is 2. The summed E-state index contributed by atoms with van der Waals surface area (Å²) in [5.41, 5.74) is 1.41. The molecule has 0 radical (unpaired) electrons. The summed E-state index contributed by atoms with van der Waals surface area (Å²) in [6.07, 6.45) is 5.21. The maximum Gasteiger partial charge on any atom is 0.415 e. The van der Waals surface area contributed by atoms with E-state index in [9.17, 15) is 14.4 Å². The Labute approximate surface area is 216 Å². The van der Waals surface area contributed by atoms with Gasteiger partial charge < -0.3 is 28.7 Å². The zero-order valence-electron chi connectivity index (χ0n) is 21.6. The molecule has 196 valence electrons. The quantitative estimate of drug-likeness (QED) is 0.354. The summed E-state index contributed by atoms with van der Waals surface area (Å²) >= 11 is 0. The van der Waals surface area contributed by atoms with E-state index >= 15 is 0 Å². The van der Waals surface area contributed by atoms with E-state index in [1.807, 2.05) is 7.05 Å². The van der Waals surface area contributed by atoms with Crippen molar-refractivity contribution in [3.05, 3.63) is 59.7 Å². The molecule has 3 rings (SSSR count). The molecular weight excluding hydrogens is 476 g/mol. The Morgan fingerprint density at radius 3 is 1.73 bits per heavy atom. The number of methoxy groups -OCH3 is 3. The molecule has 2 aromatic carbocycles. The van der Waals surface area contributed by atoms with Crippen LogP contribution in [0.5, 0.6) is 23.0 Å². The van der Waals surface area contributed by atoms with Gasteiger partial charge in [0.05, 0.1) is 27.8 Å². The fraction of sp³-hybridized carbons (Fsp3) is 0.321. The normalized spacial score (nSPS) is 14.1. The highest BCUT2D eigenvalue weighted by Gasteiger charge is 2.22. The fourth-order valence-electron chi connectivity index (χ4n) is 3.64. The van der Waals surface area contributed by atoms with Gasteiger partial charge in [-0.25, -0.2) is 4.79 Å². The van der Waals surface area contributed by atoms with Crippen LogP contribution in [0.4, 0.5) is 4.79 Å². The maximum atomic E-state index is 12.5. The Kier molecular flexibility index (Phi) is 9.85. The van der Waals surface area contributed by atoms with E-state index in [0.29, 0.717) is 41.7 Å². The summed E-state index contributed by atoms with van der Waals surface area (Å²) in [5.74, 6) is 1.13. The SMILES string of the molecule is COc1ccc(/C=C/C(=O)CC(=O)/C=C/c2ccc(OC(=O)N3CCN(C)CC3)c(OC)c2)cc1OC. The van der Waals surface area contributed by atoms with E-state index in [1.165, 1.54) is 26.4 Å². The van der Waals surface area contributed by atoms with Crippen LogP contribution < -0.4 is 18.9 Å². The molecule has 9 heteroatoms. The van der Waals surface area contributed by atoms with Gasteiger partial charge in [-0.2, -0.15) is 0 Å². The molecule has 0 spiro atoms. The number of carbonyl (C=O) groups is 3. The Hall–Kier alpha value is -4.11. The zero-order valence-corrected chi connectivity index (χ0v) is 21.6. The molecule has 1 fully saturated rings. The van der Waals surface area contributed by atoms with E-state index < -0.39 is 6.09 Å². The lowest BCUT2D eigenvalue weighted by molar-refractivity contribution is -0.121. The molecule has 1 saturated heterocycles. The highest BCUT2D eigenvalue weighted by atomic mass is 16.6. The average Bonchev–Trinajstić information content (AvgIpc) is 2.91. The molecule has 0 atom stereocenters. The van der Waals surface area contributed by atoms with Crippen molar-refractivity contribution in [3.63, 3.8) is 0 Å². The first-order valence-electron chi connectivity index (χ1n) is 11.8. The number of piperazine rings is 1. The topological polar surface area (TPSA) is 94.6 Å². The molecule has 2 aromatic rings. The van der Waals surface area contributed by atoms with Crippen molar-refractivity contribution in [1.82, 2.24) is 9.80 Å². The molecule has 1 aliphatic rings. The van der Waals surface area contributed by atoms with Crippen molar-refractivity contribution in [3.8, 4) is 23.0 Å². The van der Waals surface area contributed by atoms with E-state index in [-0.39, 0.29) is 18.0 Å². The third-order valence-corrected chi connectivity index (χ3v) is 5.83. The standard InChI is InChI=1S/C28H32N2O7/c1-29-13-15-30(16-14-29)28(33)37-25-12-8-21(18-27(25)36-4)6-10-23(32)19-22(31)9-5-20-7-11-24(34-2)26(17-20)35-3/h5-12,17-18H,13-16,19H2,1-4H3/b9-5+,10-6+. The van der Waals surface area contributed by atoms with Crippen LogP contribution >= 0.6 is 0 Å². The molecule has 0 unspecified atom stereocenters. The molecule has 0 aromatic heterocycles. The minimum absolute atomic E-state index is 0.266. The van der Waals surface area contributed by atoms with E-state index in [1.54, 1.807) is 60.6 Å². The number of likely N-dealkylation sites (N-methyl/N-ethyl adjacent to an activating group) is 1. The van der Waals surface area contributed by atoms with Crippen LogP contribution in [-0.4, -0.2) is 82.0 Å². The smallest absolute Gasteiger partial charge is 0.415 e. The molecule has 1 aliphatic heterocycles. The molecule has 1 heterocycles. The van der Waals surface area contributed by atoms with Crippen molar-refractivity contribution in [2.75, 3.05) is 54.6 Å². The Morgan fingerprint density at radius 1 is 0.730 bits per heavy atom. The summed E-state index contributed by atoms with van der Waals surface area (Å²) in [4.78, 5) is 40.8. The molecule has 9 nitrogen and oxygen atoms in total. The molecular formula is C28H32N2O7. The highest BCUT2D eigenvalue weighted by molar-refractivity contribution is 6.10. The number of hydrogen-bond acceptors (Lipinski definition) is 8.